The molecule has 1 N–H and O–H groups in total. The molecule has 28 heavy (non-hydrogen) atoms. The van der Waals surface area contributed by atoms with Crippen LogP contribution in [0, 0.1) is 12.8 Å². The first kappa shape index (κ1) is 20.6. The van der Waals surface area contributed by atoms with E-state index in [4.69, 9.17) is 0 Å². The van der Waals surface area contributed by atoms with Crippen LogP contribution in [0.15, 0.2) is 24.3 Å². The molecule has 2 aliphatic heterocycles. The smallest absolute Gasteiger partial charge is 0.318 e. The second-order valence-corrected chi connectivity index (χ2v) is 8.39. The quantitative estimate of drug-likeness (QED) is 0.846. The summed E-state index contributed by atoms with van der Waals surface area (Å²) >= 11 is 0. The van der Waals surface area contributed by atoms with Crippen molar-refractivity contribution >= 4 is 11.9 Å². The number of carbonyl (C=O) groups excluding carboxylic acids is 2. The zero-order valence-corrected chi connectivity index (χ0v) is 17.5. The van der Waals surface area contributed by atoms with Crippen molar-refractivity contribution in [1.82, 2.24) is 20.0 Å². The number of piperazine rings is 1. The minimum Gasteiger partial charge on any atom is -0.338 e. The first-order valence-corrected chi connectivity index (χ1v) is 10.5. The van der Waals surface area contributed by atoms with Crippen LogP contribution in [0.1, 0.15) is 37.3 Å². The van der Waals surface area contributed by atoms with Crippen molar-refractivity contribution < 1.29 is 9.59 Å². The lowest BCUT2D eigenvalue weighted by Crippen LogP contribution is -2.59. The summed E-state index contributed by atoms with van der Waals surface area (Å²) in [6.45, 7) is 8.65. The molecule has 2 fully saturated rings. The molecular formula is C22H34N4O2. The van der Waals surface area contributed by atoms with Gasteiger partial charge >= 0.3 is 6.03 Å². The van der Waals surface area contributed by atoms with Gasteiger partial charge in [0.15, 0.2) is 0 Å². The van der Waals surface area contributed by atoms with Crippen LogP contribution in [0.3, 0.4) is 0 Å². The molecule has 1 aromatic rings. The van der Waals surface area contributed by atoms with E-state index in [9.17, 15) is 9.59 Å². The number of aryl methyl sites for hydroxylation is 1. The molecule has 2 aliphatic rings. The fraction of sp³-hybridized carbons (Fsp3) is 0.636. The Morgan fingerprint density at radius 2 is 1.93 bits per heavy atom. The van der Waals surface area contributed by atoms with Gasteiger partial charge in [-0.05, 0) is 64.7 Å². The van der Waals surface area contributed by atoms with E-state index in [0.29, 0.717) is 32.1 Å². The summed E-state index contributed by atoms with van der Waals surface area (Å²) in [5.41, 5.74) is 2.33. The van der Waals surface area contributed by atoms with Crippen LogP contribution in [0.2, 0.25) is 0 Å². The fourth-order valence-corrected chi connectivity index (χ4v) is 4.23. The Balaban J connectivity index is 1.45. The van der Waals surface area contributed by atoms with Gasteiger partial charge in [0.1, 0.15) is 6.04 Å². The van der Waals surface area contributed by atoms with Gasteiger partial charge in [-0.1, -0.05) is 29.8 Å². The summed E-state index contributed by atoms with van der Waals surface area (Å²) in [6.07, 6.45) is 3.44. The van der Waals surface area contributed by atoms with Gasteiger partial charge in [-0.2, -0.15) is 0 Å². The Hall–Kier alpha value is -2.08. The summed E-state index contributed by atoms with van der Waals surface area (Å²) in [6, 6.07) is 7.72. The average Bonchev–Trinajstić information content (AvgIpc) is 2.67. The van der Waals surface area contributed by atoms with E-state index < -0.39 is 6.04 Å². The van der Waals surface area contributed by atoms with Gasteiger partial charge in [-0.3, -0.25) is 4.79 Å². The van der Waals surface area contributed by atoms with Gasteiger partial charge in [0.2, 0.25) is 5.91 Å². The van der Waals surface area contributed by atoms with E-state index in [1.165, 1.54) is 18.4 Å². The summed E-state index contributed by atoms with van der Waals surface area (Å²) < 4.78 is 0. The summed E-state index contributed by atoms with van der Waals surface area (Å²) in [4.78, 5) is 31.3. The Kier molecular flexibility index (Phi) is 6.94. The summed E-state index contributed by atoms with van der Waals surface area (Å²) in [5.74, 6) is 0.722. The molecule has 3 rings (SSSR count). The standard InChI is InChI=1S/C22H34N4O2/c1-17-5-4-6-20(15-17)16-25-13-14-26(18(2)21(25)27)22(28)23-10-7-19-8-11-24(3)12-9-19/h4-6,15,18-19H,7-14,16H2,1-3H3,(H,23,28). The normalized spacial score (nSPS) is 21.8. The van der Waals surface area contributed by atoms with Gasteiger partial charge in [-0.25, -0.2) is 4.79 Å². The Morgan fingerprint density at radius 3 is 2.64 bits per heavy atom. The Labute approximate surface area is 168 Å². The zero-order valence-electron chi connectivity index (χ0n) is 17.5. The number of carbonyl (C=O) groups is 2. The molecule has 6 nitrogen and oxygen atoms in total. The van der Waals surface area contributed by atoms with Gasteiger partial charge in [0, 0.05) is 26.2 Å². The van der Waals surface area contributed by atoms with Crippen molar-refractivity contribution in [3.63, 3.8) is 0 Å². The minimum absolute atomic E-state index is 0.0261. The minimum atomic E-state index is -0.415. The predicted octanol–water partition coefficient (Wildman–Crippen LogP) is 2.47. The molecule has 2 heterocycles. The maximum atomic E-state index is 12.8. The maximum Gasteiger partial charge on any atom is 0.318 e. The number of piperidine rings is 1. The average molecular weight is 387 g/mol. The summed E-state index contributed by atoms with van der Waals surface area (Å²) in [5, 5.41) is 3.04. The van der Waals surface area contributed by atoms with Crippen LogP contribution in [0.4, 0.5) is 4.79 Å². The lowest BCUT2D eigenvalue weighted by atomic mass is 9.94. The van der Waals surface area contributed by atoms with E-state index in [1.807, 2.05) is 24.0 Å². The highest BCUT2D eigenvalue weighted by molar-refractivity contribution is 5.88. The van der Waals surface area contributed by atoms with Gasteiger partial charge in [0.05, 0.1) is 0 Å². The largest absolute Gasteiger partial charge is 0.338 e. The first-order chi connectivity index (χ1) is 13.4. The summed E-state index contributed by atoms with van der Waals surface area (Å²) in [7, 11) is 2.16. The van der Waals surface area contributed by atoms with Crippen molar-refractivity contribution in [1.29, 1.82) is 0 Å². The number of nitrogens with one attached hydrogen (secondary N) is 1. The molecule has 0 aromatic heterocycles. The SMILES string of the molecule is Cc1cccc(CN2CCN(C(=O)NCCC3CCN(C)CC3)C(C)C2=O)c1. The number of nitrogens with zero attached hydrogens (tertiary/aromatic N) is 3. The van der Waals surface area contributed by atoms with E-state index in [1.54, 1.807) is 4.90 Å². The second kappa shape index (κ2) is 9.41. The molecule has 1 unspecified atom stereocenters. The molecular weight excluding hydrogens is 352 g/mol. The van der Waals surface area contributed by atoms with E-state index in [2.05, 4.69) is 36.3 Å². The van der Waals surface area contributed by atoms with Crippen LogP contribution < -0.4 is 5.32 Å². The zero-order chi connectivity index (χ0) is 20.1. The number of benzene rings is 1. The molecule has 1 atom stereocenters. The predicted molar refractivity (Wildman–Crippen MR) is 111 cm³/mol. The lowest BCUT2D eigenvalue weighted by Gasteiger charge is -2.39. The van der Waals surface area contributed by atoms with Gasteiger partial charge < -0.3 is 20.0 Å². The fourth-order valence-electron chi connectivity index (χ4n) is 4.23. The Bertz CT molecular complexity index is 685. The van der Waals surface area contributed by atoms with Crippen molar-refractivity contribution in [2.24, 2.45) is 5.92 Å². The van der Waals surface area contributed by atoms with Crippen molar-refractivity contribution in [3.05, 3.63) is 35.4 Å². The van der Waals surface area contributed by atoms with Gasteiger partial charge in [0.25, 0.3) is 0 Å². The molecule has 3 amide bonds. The number of amides is 3. The van der Waals surface area contributed by atoms with Crippen LogP contribution >= 0.6 is 0 Å². The monoisotopic (exact) mass is 386 g/mol. The van der Waals surface area contributed by atoms with Crippen molar-refractivity contribution in [2.45, 2.75) is 45.7 Å². The maximum absolute atomic E-state index is 12.8. The molecule has 2 saturated heterocycles. The molecule has 6 heteroatoms. The second-order valence-electron chi connectivity index (χ2n) is 8.39. The van der Waals surface area contributed by atoms with Crippen LogP contribution in [-0.4, -0.2) is 72.5 Å². The highest BCUT2D eigenvalue weighted by atomic mass is 16.2. The number of hydrogen-bond acceptors (Lipinski definition) is 3. The third-order valence-corrected chi connectivity index (χ3v) is 6.13. The molecule has 0 spiro atoms. The van der Waals surface area contributed by atoms with Crippen LogP contribution in [0.5, 0.6) is 0 Å². The third-order valence-electron chi connectivity index (χ3n) is 6.13. The van der Waals surface area contributed by atoms with Crippen LogP contribution in [-0.2, 0) is 11.3 Å². The van der Waals surface area contributed by atoms with Crippen molar-refractivity contribution in [2.75, 3.05) is 39.8 Å². The molecule has 0 saturated carbocycles. The topological polar surface area (TPSA) is 55.9 Å². The Morgan fingerprint density at radius 1 is 1.18 bits per heavy atom. The number of rotatable bonds is 5. The van der Waals surface area contributed by atoms with E-state index in [-0.39, 0.29) is 11.9 Å². The highest BCUT2D eigenvalue weighted by Crippen LogP contribution is 2.19. The van der Waals surface area contributed by atoms with Crippen LogP contribution in [0.25, 0.3) is 0 Å². The molecule has 0 aliphatic carbocycles. The highest BCUT2D eigenvalue weighted by Gasteiger charge is 2.34. The van der Waals surface area contributed by atoms with Crippen molar-refractivity contribution in [3.8, 4) is 0 Å². The molecule has 1 aromatic carbocycles. The first-order valence-electron chi connectivity index (χ1n) is 10.5. The van der Waals surface area contributed by atoms with E-state index >= 15 is 0 Å². The number of hydrogen-bond donors (Lipinski definition) is 1. The number of urea groups is 1. The molecule has 0 radical (unpaired) electrons. The number of likely N-dealkylation sites (tertiary alicyclic amines) is 1. The van der Waals surface area contributed by atoms with E-state index in [0.717, 1.165) is 25.1 Å². The van der Waals surface area contributed by atoms with Gasteiger partial charge in [-0.15, -0.1) is 0 Å². The lowest BCUT2D eigenvalue weighted by molar-refractivity contribution is -0.139. The molecule has 154 valence electrons. The molecule has 0 bridgehead atoms. The third kappa shape index (κ3) is 5.25.